The van der Waals surface area contributed by atoms with Crippen molar-refractivity contribution in [3.8, 4) is 34.2 Å². The van der Waals surface area contributed by atoms with Crippen molar-refractivity contribution >= 4 is 0 Å². The predicted octanol–water partition coefficient (Wildman–Crippen LogP) is 3.69. The van der Waals surface area contributed by atoms with Crippen LogP contribution in [0.5, 0.6) is 5.75 Å². The maximum Gasteiger partial charge on any atom is 0.266 e. The maximum atomic E-state index is 12.5. The van der Waals surface area contributed by atoms with Crippen molar-refractivity contribution in [2.45, 2.75) is 12.8 Å². The van der Waals surface area contributed by atoms with E-state index in [-0.39, 0.29) is 11.1 Å². The highest BCUT2D eigenvalue weighted by atomic mass is 16.5. The van der Waals surface area contributed by atoms with Crippen LogP contribution in [-0.4, -0.2) is 12.1 Å². The number of aromatic nitrogens is 1. The molecule has 3 aromatic rings. The summed E-state index contributed by atoms with van der Waals surface area (Å²) in [7, 11) is 1.61. The highest BCUT2D eigenvalue weighted by Gasteiger charge is 2.24. The summed E-state index contributed by atoms with van der Waals surface area (Å²) in [6, 6.07) is 17.7. The lowest BCUT2D eigenvalue weighted by Gasteiger charge is -2.23. The molecule has 1 N–H and O–H groups in total. The van der Waals surface area contributed by atoms with Gasteiger partial charge in [0.15, 0.2) is 0 Å². The summed E-state index contributed by atoms with van der Waals surface area (Å²) in [5.74, 6) is 0.742. The fraction of sp³-hybridized carbons (Fsp3) is 0.143. The lowest BCUT2D eigenvalue weighted by Crippen LogP contribution is -2.19. The van der Waals surface area contributed by atoms with Crippen LogP contribution in [0.15, 0.2) is 53.3 Å². The first kappa shape index (κ1) is 15.2. The molecular weight excluding hydrogens is 312 g/mol. The number of nitriles is 1. The first-order valence-corrected chi connectivity index (χ1v) is 8.15. The number of ether oxygens (including phenoxy) is 1. The van der Waals surface area contributed by atoms with Crippen molar-refractivity contribution in [1.82, 2.24) is 4.98 Å². The van der Waals surface area contributed by atoms with Gasteiger partial charge in [0.05, 0.1) is 12.8 Å². The average Bonchev–Trinajstić information content (AvgIpc) is 2.67. The van der Waals surface area contributed by atoms with E-state index in [4.69, 9.17) is 4.74 Å². The molecule has 1 heterocycles. The third kappa shape index (κ3) is 2.41. The minimum atomic E-state index is -0.344. The minimum Gasteiger partial charge on any atom is -0.497 e. The van der Waals surface area contributed by atoms with Crippen LogP contribution in [0, 0.1) is 11.3 Å². The normalized spacial score (nSPS) is 12.0. The molecule has 0 saturated carbocycles. The molecule has 4 heteroatoms. The zero-order valence-electron chi connectivity index (χ0n) is 13.8. The van der Waals surface area contributed by atoms with Gasteiger partial charge in [-0.2, -0.15) is 5.26 Å². The largest absolute Gasteiger partial charge is 0.497 e. The summed E-state index contributed by atoms with van der Waals surface area (Å²) >= 11 is 0. The number of fused-ring (bicyclic) bond motifs is 3. The molecule has 122 valence electrons. The second kappa shape index (κ2) is 5.95. The van der Waals surface area contributed by atoms with Gasteiger partial charge in [-0.05, 0) is 41.7 Å². The third-order valence-corrected chi connectivity index (χ3v) is 4.74. The number of H-pyrrole nitrogens is 1. The smallest absolute Gasteiger partial charge is 0.266 e. The molecule has 25 heavy (non-hydrogen) atoms. The second-order valence-electron chi connectivity index (χ2n) is 6.06. The summed E-state index contributed by atoms with van der Waals surface area (Å²) in [6.45, 7) is 0. The van der Waals surface area contributed by atoms with Crippen molar-refractivity contribution in [2.75, 3.05) is 7.11 Å². The van der Waals surface area contributed by atoms with Gasteiger partial charge in [-0.3, -0.25) is 4.79 Å². The lowest BCUT2D eigenvalue weighted by molar-refractivity contribution is 0.415. The van der Waals surface area contributed by atoms with E-state index in [0.29, 0.717) is 0 Å². The third-order valence-electron chi connectivity index (χ3n) is 4.74. The molecule has 0 amide bonds. The van der Waals surface area contributed by atoms with Gasteiger partial charge in [-0.1, -0.05) is 36.4 Å². The van der Waals surface area contributed by atoms with Gasteiger partial charge in [-0.15, -0.1) is 0 Å². The van der Waals surface area contributed by atoms with Crippen LogP contribution in [-0.2, 0) is 12.8 Å². The summed E-state index contributed by atoms with van der Waals surface area (Å²) in [5, 5.41) is 9.56. The Morgan fingerprint density at radius 1 is 1.08 bits per heavy atom. The highest BCUT2D eigenvalue weighted by molar-refractivity contribution is 5.82. The first-order valence-electron chi connectivity index (χ1n) is 8.15. The Bertz CT molecular complexity index is 1060. The quantitative estimate of drug-likeness (QED) is 0.780. The monoisotopic (exact) mass is 328 g/mol. The first-order chi connectivity index (χ1) is 12.2. The zero-order valence-corrected chi connectivity index (χ0v) is 13.8. The van der Waals surface area contributed by atoms with Crippen molar-refractivity contribution < 1.29 is 4.74 Å². The van der Waals surface area contributed by atoms with E-state index in [1.807, 2.05) is 42.5 Å². The van der Waals surface area contributed by atoms with Crippen LogP contribution in [0.2, 0.25) is 0 Å². The summed E-state index contributed by atoms with van der Waals surface area (Å²) < 4.78 is 5.21. The number of nitrogens with zero attached hydrogens (tertiary/aromatic N) is 1. The predicted molar refractivity (Wildman–Crippen MR) is 96.6 cm³/mol. The molecule has 1 aromatic heterocycles. The second-order valence-corrected chi connectivity index (χ2v) is 6.06. The molecule has 0 unspecified atom stereocenters. The molecule has 1 aliphatic carbocycles. The fourth-order valence-electron chi connectivity index (χ4n) is 3.55. The Labute approximate surface area is 145 Å². The number of aryl methyl sites for hydroxylation is 1. The van der Waals surface area contributed by atoms with Gasteiger partial charge in [0, 0.05) is 11.1 Å². The van der Waals surface area contributed by atoms with E-state index < -0.39 is 0 Å². The Kier molecular flexibility index (Phi) is 3.62. The Hall–Kier alpha value is -3.32. The van der Waals surface area contributed by atoms with Crippen LogP contribution in [0.3, 0.4) is 0 Å². The summed E-state index contributed by atoms with van der Waals surface area (Å²) in [5.41, 5.74) is 5.54. The molecule has 1 aliphatic rings. The molecular formula is C21H16N2O2. The average molecular weight is 328 g/mol. The van der Waals surface area contributed by atoms with E-state index in [1.165, 1.54) is 5.56 Å². The van der Waals surface area contributed by atoms with Crippen molar-refractivity contribution in [3.05, 3.63) is 75.6 Å². The molecule has 4 nitrogen and oxygen atoms in total. The topological polar surface area (TPSA) is 65.9 Å². The number of hydrogen-bond acceptors (Lipinski definition) is 3. The Balaban J connectivity index is 2.03. The maximum absolute atomic E-state index is 12.5. The lowest BCUT2D eigenvalue weighted by atomic mass is 9.83. The molecule has 4 rings (SSSR count). The van der Waals surface area contributed by atoms with Crippen LogP contribution < -0.4 is 10.3 Å². The van der Waals surface area contributed by atoms with E-state index in [9.17, 15) is 10.1 Å². The molecule has 0 bridgehead atoms. The van der Waals surface area contributed by atoms with Gasteiger partial charge >= 0.3 is 0 Å². The van der Waals surface area contributed by atoms with Gasteiger partial charge < -0.3 is 9.72 Å². The van der Waals surface area contributed by atoms with E-state index in [2.05, 4.69) is 17.1 Å². The van der Waals surface area contributed by atoms with Crippen LogP contribution in [0.4, 0.5) is 0 Å². The molecule has 0 fully saturated rings. The number of pyridine rings is 1. The summed E-state index contributed by atoms with van der Waals surface area (Å²) in [4.78, 5) is 15.5. The zero-order chi connectivity index (χ0) is 17.4. The van der Waals surface area contributed by atoms with Gasteiger partial charge in [0.2, 0.25) is 0 Å². The van der Waals surface area contributed by atoms with Crippen molar-refractivity contribution in [2.24, 2.45) is 0 Å². The number of methoxy groups -OCH3 is 1. The SMILES string of the molecule is COc1ccc(-c2c3c([nH]c(=O)c2C#N)-c2ccccc2CC3)cc1. The Morgan fingerprint density at radius 2 is 1.84 bits per heavy atom. The van der Waals surface area contributed by atoms with Gasteiger partial charge in [0.1, 0.15) is 17.4 Å². The standard InChI is InChI=1S/C21H16N2O2/c1-25-15-9-6-14(7-10-15)19-17-11-8-13-4-2-3-5-16(13)20(17)23-21(24)18(19)12-22/h2-7,9-10H,8,11H2,1H3,(H,23,24). The molecule has 0 atom stereocenters. The molecule has 0 aliphatic heterocycles. The van der Waals surface area contributed by atoms with Crippen LogP contribution >= 0.6 is 0 Å². The number of benzene rings is 2. The number of nitrogens with one attached hydrogen (secondary N) is 1. The van der Waals surface area contributed by atoms with Crippen LogP contribution in [0.1, 0.15) is 16.7 Å². The van der Waals surface area contributed by atoms with E-state index >= 15 is 0 Å². The molecule has 0 radical (unpaired) electrons. The van der Waals surface area contributed by atoms with Crippen molar-refractivity contribution in [3.63, 3.8) is 0 Å². The molecule has 0 spiro atoms. The minimum absolute atomic E-state index is 0.170. The fourth-order valence-corrected chi connectivity index (χ4v) is 3.55. The number of rotatable bonds is 2. The highest BCUT2D eigenvalue weighted by Crippen LogP contribution is 2.38. The van der Waals surface area contributed by atoms with Crippen molar-refractivity contribution in [1.29, 1.82) is 5.26 Å². The van der Waals surface area contributed by atoms with Gasteiger partial charge in [0.25, 0.3) is 5.56 Å². The van der Waals surface area contributed by atoms with E-state index in [1.54, 1.807) is 7.11 Å². The van der Waals surface area contributed by atoms with Crippen LogP contribution in [0.25, 0.3) is 22.4 Å². The number of aromatic amines is 1. The van der Waals surface area contributed by atoms with Gasteiger partial charge in [-0.25, -0.2) is 0 Å². The van der Waals surface area contributed by atoms with E-state index in [0.717, 1.165) is 46.5 Å². The summed E-state index contributed by atoms with van der Waals surface area (Å²) in [6.07, 6.45) is 1.68. The molecule has 2 aromatic carbocycles. The molecule has 0 saturated heterocycles. The Morgan fingerprint density at radius 3 is 2.56 bits per heavy atom. The number of hydrogen-bond donors (Lipinski definition) is 1.